The largest absolute Gasteiger partial charge is 0.309 e. The van der Waals surface area contributed by atoms with Crippen LogP contribution in [0.1, 0.15) is 18.2 Å². The standard InChI is InChI=1S/C23H19N5O/c1-2-18-20(17-11-7-4-8-12-17)22-25-24-21-19(28(22)26-18)13-14-27(23(21)29)15-16-9-5-3-6-10-16/h3-14H,2,15H2,1H3. The summed E-state index contributed by atoms with van der Waals surface area (Å²) in [6, 6.07) is 21.8. The summed E-state index contributed by atoms with van der Waals surface area (Å²) in [7, 11) is 0. The van der Waals surface area contributed by atoms with Crippen molar-refractivity contribution in [2.75, 3.05) is 0 Å². The van der Waals surface area contributed by atoms with Crippen LogP contribution in [0.2, 0.25) is 0 Å². The second-order valence-electron chi connectivity index (χ2n) is 6.94. The van der Waals surface area contributed by atoms with Crippen molar-refractivity contribution in [1.82, 2.24) is 24.4 Å². The quantitative estimate of drug-likeness (QED) is 0.476. The highest BCUT2D eigenvalue weighted by Crippen LogP contribution is 2.28. The van der Waals surface area contributed by atoms with Crippen molar-refractivity contribution in [2.24, 2.45) is 0 Å². The maximum absolute atomic E-state index is 13.0. The van der Waals surface area contributed by atoms with Crippen LogP contribution in [0.5, 0.6) is 0 Å². The van der Waals surface area contributed by atoms with Gasteiger partial charge in [-0.15, -0.1) is 10.2 Å². The zero-order valence-corrected chi connectivity index (χ0v) is 16.0. The van der Waals surface area contributed by atoms with Crippen molar-refractivity contribution in [3.05, 3.63) is 94.5 Å². The van der Waals surface area contributed by atoms with Crippen LogP contribution in [0.15, 0.2) is 77.7 Å². The Morgan fingerprint density at radius 1 is 0.897 bits per heavy atom. The van der Waals surface area contributed by atoms with E-state index in [-0.39, 0.29) is 5.56 Å². The number of hydrogen-bond donors (Lipinski definition) is 0. The van der Waals surface area contributed by atoms with Crippen LogP contribution >= 0.6 is 0 Å². The Morgan fingerprint density at radius 2 is 1.62 bits per heavy atom. The highest BCUT2D eigenvalue weighted by molar-refractivity contribution is 5.84. The minimum absolute atomic E-state index is 0.171. The molecule has 0 aliphatic heterocycles. The van der Waals surface area contributed by atoms with Gasteiger partial charge in [0.15, 0.2) is 11.2 Å². The van der Waals surface area contributed by atoms with E-state index in [0.717, 1.165) is 28.8 Å². The van der Waals surface area contributed by atoms with Gasteiger partial charge in [0.05, 0.1) is 17.8 Å². The monoisotopic (exact) mass is 381 g/mol. The highest BCUT2D eigenvalue weighted by atomic mass is 16.1. The van der Waals surface area contributed by atoms with Crippen LogP contribution in [-0.4, -0.2) is 24.4 Å². The lowest BCUT2D eigenvalue weighted by Gasteiger charge is -2.07. The zero-order valence-electron chi connectivity index (χ0n) is 16.0. The lowest BCUT2D eigenvalue weighted by molar-refractivity contribution is 0.760. The Kier molecular flexibility index (Phi) is 4.17. The Balaban J connectivity index is 1.71. The highest BCUT2D eigenvalue weighted by Gasteiger charge is 2.18. The van der Waals surface area contributed by atoms with Crippen molar-refractivity contribution in [3.8, 4) is 11.1 Å². The van der Waals surface area contributed by atoms with Crippen LogP contribution in [0.25, 0.3) is 27.8 Å². The summed E-state index contributed by atoms with van der Waals surface area (Å²) in [6.45, 7) is 2.56. The molecule has 29 heavy (non-hydrogen) atoms. The van der Waals surface area contributed by atoms with E-state index in [1.807, 2.05) is 66.7 Å². The first-order valence-corrected chi connectivity index (χ1v) is 9.63. The summed E-state index contributed by atoms with van der Waals surface area (Å²) in [4.78, 5) is 13.0. The molecule has 142 valence electrons. The molecule has 5 rings (SSSR count). The van der Waals surface area contributed by atoms with Gasteiger partial charge in [-0.1, -0.05) is 67.6 Å². The molecule has 0 bridgehead atoms. The molecular formula is C23H19N5O. The first kappa shape index (κ1) is 17.3. The van der Waals surface area contributed by atoms with E-state index >= 15 is 0 Å². The summed E-state index contributed by atoms with van der Waals surface area (Å²) in [5.74, 6) is 0. The van der Waals surface area contributed by atoms with Gasteiger partial charge in [-0.25, -0.2) is 4.52 Å². The third-order valence-corrected chi connectivity index (χ3v) is 5.12. The predicted molar refractivity (Wildman–Crippen MR) is 113 cm³/mol. The fourth-order valence-electron chi connectivity index (χ4n) is 3.68. The molecule has 5 aromatic rings. The smallest absolute Gasteiger partial charge is 0.280 e. The molecule has 6 heteroatoms. The van der Waals surface area contributed by atoms with Gasteiger partial charge in [-0.05, 0) is 23.6 Å². The second kappa shape index (κ2) is 6.98. The molecule has 0 fully saturated rings. The molecule has 2 aromatic carbocycles. The van der Waals surface area contributed by atoms with Gasteiger partial charge in [0.2, 0.25) is 0 Å². The number of rotatable bonds is 4. The van der Waals surface area contributed by atoms with E-state index < -0.39 is 0 Å². The van der Waals surface area contributed by atoms with E-state index in [1.165, 1.54) is 0 Å². The summed E-state index contributed by atoms with van der Waals surface area (Å²) < 4.78 is 3.40. The Morgan fingerprint density at radius 3 is 2.34 bits per heavy atom. The van der Waals surface area contributed by atoms with Gasteiger partial charge in [-0.2, -0.15) is 5.10 Å². The van der Waals surface area contributed by atoms with Crippen molar-refractivity contribution in [1.29, 1.82) is 0 Å². The van der Waals surface area contributed by atoms with Gasteiger partial charge in [-0.3, -0.25) is 4.79 Å². The number of nitrogens with zero attached hydrogens (tertiary/aromatic N) is 5. The summed E-state index contributed by atoms with van der Waals surface area (Å²) >= 11 is 0. The van der Waals surface area contributed by atoms with E-state index in [0.29, 0.717) is 23.2 Å². The summed E-state index contributed by atoms with van der Waals surface area (Å²) in [6.07, 6.45) is 2.56. The van der Waals surface area contributed by atoms with Crippen molar-refractivity contribution in [2.45, 2.75) is 19.9 Å². The number of fused-ring (bicyclic) bond motifs is 3. The molecule has 0 amide bonds. The average Bonchev–Trinajstić information content (AvgIpc) is 3.16. The average molecular weight is 381 g/mol. The van der Waals surface area contributed by atoms with E-state index in [4.69, 9.17) is 5.10 Å². The molecule has 0 N–H and O–H groups in total. The molecule has 0 radical (unpaired) electrons. The van der Waals surface area contributed by atoms with Crippen LogP contribution in [0, 0.1) is 0 Å². The van der Waals surface area contributed by atoms with Crippen LogP contribution in [0.4, 0.5) is 0 Å². The Hall–Kier alpha value is -3.80. The van der Waals surface area contributed by atoms with Crippen molar-refractivity contribution in [3.63, 3.8) is 0 Å². The minimum atomic E-state index is -0.171. The maximum atomic E-state index is 13.0. The van der Waals surface area contributed by atoms with Gasteiger partial charge in [0.25, 0.3) is 5.56 Å². The molecule has 0 saturated heterocycles. The van der Waals surface area contributed by atoms with Crippen molar-refractivity contribution < 1.29 is 0 Å². The third kappa shape index (κ3) is 2.89. The summed E-state index contributed by atoms with van der Waals surface area (Å²) in [5.41, 5.74) is 5.49. The third-order valence-electron chi connectivity index (χ3n) is 5.12. The molecule has 3 heterocycles. The van der Waals surface area contributed by atoms with Crippen LogP contribution in [-0.2, 0) is 13.0 Å². The van der Waals surface area contributed by atoms with E-state index in [9.17, 15) is 4.79 Å². The van der Waals surface area contributed by atoms with Gasteiger partial charge >= 0.3 is 0 Å². The molecule has 0 atom stereocenters. The number of aryl methyl sites for hydroxylation is 1. The molecule has 0 aliphatic rings. The van der Waals surface area contributed by atoms with E-state index in [1.54, 1.807) is 15.3 Å². The number of pyridine rings is 1. The second-order valence-corrected chi connectivity index (χ2v) is 6.94. The van der Waals surface area contributed by atoms with E-state index in [2.05, 4.69) is 17.1 Å². The SMILES string of the molecule is CCc1nn2c(nnc3c(=O)n(Cc4ccccc4)ccc32)c1-c1ccccc1. The minimum Gasteiger partial charge on any atom is -0.309 e. The number of hydrogen-bond acceptors (Lipinski definition) is 4. The van der Waals surface area contributed by atoms with Gasteiger partial charge in [0, 0.05) is 6.20 Å². The Bertz CT molecular complexity index is 1370. The normalized spacial score (nSPS) is 11.3. The van der Waals surface area contributed by atoms with Crippen LogP contribution < -0.4 is 5.56 Å². The lowest BCUT2D eigenvalue weighted by atomic mass is 10.0. The molecule has 0 spiro atoms. The molecule has 0 aliphatic carbocycles. The predicted octanol–water partition coefficient (Wildman–Crippen LogP) is 3.72. The first-order valence-electron chi connectivity index (χ1n) is 9.63. The molecule has 0 unspecified atom stereocenters. The maximum Gasteiger partial charge on any atom is 0.280 e. The zero-order chi connectivity index (χ0) is 19.8. The van der Waals surface area contributed by atoms with Crippen molar-refractivity contribution >= 4 is 16.7 Å². The first-order chi connectivity index (χ1) is 14.3. The van der Waals surface area contributed by atoms with Gasteiger partial charge in [0.1, 0.15) is 5.52 Å². The summed E-state index contributed by atoms with van der Waals surface area (Å²) in [5, 5.41) is 13.5. The molecule has 3 aromatic heterocycles. The van der Waals surface area contributed by atoms with Crippen LogP contribution in [0.3, 0.4) is 0 Å². The molecular weight excluding hydrogens is 362 g/mol. The molecule has 6 nitrogen and oxygen atoms in total. The lowest BCUT2D eigenvalue weighted by Crippen LogP contribution is -2.22. The number of benzene rings is 2. The topological polar surface area (TPSA) is 65.1 Å². The fourth-order valence-corrected chi connectivity index (χ4v) is 3.68. The number of aromatic nitrogens is 5. The van der Waals surface area contributed by atoms with Gasteiger partial charge < -0.3 is 4.57 Å². The Labute approximate surface area is 167 Å². The fraction of sp³-hybridized carbons (Fsp3) is 0.130. The molecule has 0 saturated carbocycles.